The Bertz CT molecular complexity index is 1250. The van der Waals surface area contributed by atoms with Gasteiger partial charge in [-0.15, -0.1) is 0 Å². The summed E-state index contributed by atoms with van der Waals surface area (Å²) in [6.45, 7) is 6.06. The molecule has 1 fully saturated rings. The molecule has 0 radical (unpaired) electrons. The summed E-state index contributed by atoms with van der Waals surface area (Å²) in [4.78, 5) is 8.96. The SMILES string of the molecule is CC(C)(O)Cn1cc(-c2nc([C@@](C)(c3ccc(-c4ccc(N)nc4)cc3)C3CC3)no2)cn1. The van der Waals surface area contributed by atoms with Crippen molar-refractivity contribution in [2.45, 2.75) is 51.2 Å². The van der Waals surface area contributed by atoms with Crippen molar-refractivity contribution in [3.8, 4) is 22.6 Å². The average Bonchev–Trinajstić information content (AvgIpc) is 3.35. The van der Waals surface area contributed by atoms with Crippen LogP contribution in [0, 0.1) is 5.92 Å². The van der Waals surface area contributed by atoms with Gasteiger partial charge >= 0.3 is 0 Å². The second-order valence-corrected chi connectivity index (χ2v) is 9.69. The smallest absolute Gasteiger partial charge is 0.261 e. The second kappa shape index (κ2) is 7.81. The minimum atomic E-state index is -0.859. The molecule has 170 valence electrons. The molecule has 1 saturated carbocycles. The normalized spacial score (nSPS) is 16.0. The Hall–Kier alpha value is -3.52. The van der Waals surface area contributed by atoms with Crippen LogP contribution in [-0.4, -0.2) is 35.6 Å². The Morgan fingerprint density at radius 2 is 1.76 bits per heavy atom. The van der Waals surface area contributed by atoms with E-state index in [1.165, 1.54) is 0 Å². The fraction of sp³-hybridized carbons (Fsp3) is 0.360. The number of hydrogen-bond donors (Lipinski definition) is 2. The van der Waals surface area contributed by atoms with E-state index in [0.717, 1.165) is 35.1 Å². The van der Waals surface area contributed by atoms with Gasteiger partial charge < -0.3 is 15.4 Å². The molecule has 0 bridgehead atoms. The number of rotatable bonds is 7. The van der Waals surface area contributed by atoms with Crippen LogP contribution in [0.1, 0.15) is 45.0 Å². The third-order valence-corrected chi connectivity index (χ3v) is 6.32. The molecule has 1 atom stereocenters. The number of aromatic nitrogens is 5. The van der Waals surface area contributed by atoms with Crippen LogP contribution in [-0.2, 0) is 12.0 Å². The van der Waals surface area contributed by atoms with Crippen molar-refractivity contribution < 1.29 is 9.63 Å². The number of nitrogens with two attached hydrogens (primary N) is 1. The first-order valence-corrected chi connectivity index (χ1v) is 11.1. The lowest BCUT2D eigenvalue weighted by Crippen LogP contribution is -2.28. The van der Waals surface area contributed by atoms with Crippen molar-refractivity contribution in [2.75, 3.05) is 5.73 Å². The summed E-state index contributed by atoms with van der Waals surface area (Å²) < 4.78 is 7.33. The molecule has 0 saturated heterocycles. The molecule has 1 aliphatic rings. The van der Waals surface area contributed by atoms with E-state index in [1.807, 2.05) is 18.3 Å². The van der Waals surface area contributed by atoms with E-state index in [0.29, 0.717) is 30.0 Å². The third-order valence-electron chi connectivity index (χ3n) is 6.32. The Balaban J connectivity index is 1.43. The van der Waals surface area contributed by atoms with E-state index in [-0.39, 0.29) is 5.41 Å². The topological polar surface area (TPSA) is 116 Å². The summed E-state index contributed by atoms with van der Waals surface area (Å²) in [5, 5.41) is 18.7. The molecule has 3 aromatic heterocycles. The van der Waals surface area contributed by atoms with Crippen molar-refractivity contribution in [1.82, 2.24) is 24.9 Å². The first kappa shape index (κ1) is 21.3. The fourth-order valence-corrected chi connectivity index (χ4v) is 4.30. The van der Waals surface area contributed by atoms with Crippen LogP contribution in [0.3, 0.4) is 0 Å². The lowest BCUT2D eigenvalue weighted by molar-refractivity contribution is 0.0577. The highest BCUT2D eigenvalue weighted by Gasteiger charge is 2.47. The molecule has 8 heteroatoms. The fourth-order valence-electron chi connectivity index (χ4n) is 4.30. The number of anilines is 1. The number of hydrogen-bond acceptors (Lipinski definition) is 7. The summed E-state index contributed by atoms with van der Waals surface area (Å²) in [7, 11) is 0. The van der Waals surface area contributed by atoms with Crippen molar-refractivity contribution in [1.29, 1.82) is 0 Å². The van der Waals surface area contributed by atoms with Crippen molar-refractivity contribution in [3.63, 3.8) is 0 Å². The van der Waals surface area contributed by atoms with Crippen LogP contribution in [0.2, 0.25) is 0 Å². The lowest BCUT2D eigenvalue weighted by Gasteiger charge is -2.27. The van der Waals surface area contributed by atoms with Gasteiger partial charge in [0.15, 0.2) is 5.82 Å². The summed E-state index contributed by atoms with van der Waals surface area (Å²) in [6.07, 6.45) is 7.56. The Morgan fingerprint density at radius 1 is 1.03 bits per heavy atom. The molecule has 3 heterocycles. The molecule has 33 heavy (non-hydrogen) atoms. The monoisotopic (exact) mass is 444 g/mol. The van der Waals surface area contributed by atoms with Gasteiger partial charge in [-0.25, -0.2) is 4.98 Å². The van der Waals surface area contributed by atoms with Crippen LogP contribution >= 0.6 is 0 Å². The van der Waals surface area contributed by atoms with E-state index < -0.39 is 5.60 Å². The Labute approximate surface area is 192 Å². The molecule has 8 nitrogen and oxygen atoms in total. The van der Waals surface area contributed by atoms with Crippen LogP contribution in [0.5, 0.6) is 0 Å². The molecule has 4 aromatic rings. The minimum absolute atomic E-state index is 0.345. The van der Waals surface area contributed by atoms with Gasteiger partial charge in [0.25, 0.3) is 5.89 Å². The molecular weight excluding hydrogens is 416 g/mol. The molecule has 3 N–H and O–H groups in total. The lowest BCUT2D eigenvalue weighted by atomic mass is 9.76. The van der Waals surface area contributed by atoms with E-state index in [1.54, 1.807) is 30.9 Å². The van der Waals surface area contributed by atoms with Crippen molar-refractivity contribution in [2.24, 2.45) is 5.92 Å². The van der Waals surface area contributed by atoms with Crippen LogP contribution in [0.25, 0.3) is 22.6 Å². The molecule has 1 aliphatic carbocycles. The van der Waals surface area contributed by atoms with Gasteiger partial charge in [-0.2, -0.15) is 10.1 Å². The highest BCUT2D eigenvalue weighted by atomic mass is 16.5. The minimum Gasteiger partial charge on any atom is -0.389 e. The zero-order valence-electron chi connectivity index (χ0n) is 19.1. The highest BCUT2D eigenvalue weighted by Crippen LogP contribution is 2.50. The zero-order chi connectivity index (χ0) is 23.2. The maximum Gasteiger partial charge on any atom is 0.261 e. The van der Waals surface area contributed by atoms with Gasteiger partial charge in [0, 0.05) is 18.0 Å². The molecule has 5 rings (SSSR count). The van der Waals surface area contributed by atoms with Gasteiger partial charge in [-0.3, -0.25) is 4.68 Å². The number of benzene rings is 1. The maximum atomic E-state index is 10.0. The molecule has 0 unspecified atom stereocenters. The molecule has 0 aliphatic heterocycles. The predicted octanol–water partition coefficient (Wildman–Crippen LogP) is 4.06. The van der Waals surface area contributed by atoms with E-state index in [9.17, 15) is 5.11 Å². The largest absolute Gasteiger partial charge is 0.389 e. The Morgan fingerprint density at radius 3 is 2.39 bits per heavy atom. The summed E-state index contributed by atoms with van der Waals surface area (Å²) in [6, 6.07) is 12.3. The van der Waals surface area contributed by atoms with Gasteiger partial charge in [0.05, 0.1) is 29.3 Å². The van der Waals surface area contributed by atoms with Crippen LogP contribution < -0.4 is 5.73 Å². The standard InChI is InChI=1S/C25H28N6O2/c1-24(2,32)15-31-14-18(13-28-31)22-29-23(30-33-22)25(3,20-9-10-20)19-7-4-16(5-8-19)17-6-11-21(26)27-12-17/h4-8,11-14,20,32H,9-10,15H2,1-3H3,(H2,26,27)/t25-/m0/s1. The molecule has 0 spiro atoms. The van der Waals surface area contributed by atoms with Crippen molar-refractivity contribution >= 4 is 5.82 Å². The number of pyridine rings is 1. The van der Waals surface area contributed by atoms with Gasteiger partial charge in [-0.1, -0.05) is 29.4 Å². The predicted molar refractivity (Wildman–Crippen MR) is 125 cm³/mol. The maximum absolute atomic E-state index is 10.0. The van der Waals surface area contributed by atoms with E-state index >= 15 is 0 Å². The van der Waals surface area contributed by atoms with Gasteiger partial charge in [0.1, 0.15) is 5.82 Å². The highest BCUT2D eigenvalue weighted by molar-refractivity contribution is 5.64. The summed E-state index contributed by atoms with van der Waals surface area (Å²) >= 11 is 0. The first-order valence-electron chi connectivity index (χ1n) is 11.1. The van der Waals surface area contributed by atoms with Gasteiger partial charge in [0.2, 0.25) is 0 Å². The number of nitrogens with zero attached hydrogens (tertiary/aromatic N) is 5. The van der Waals surface area contributed by atoms with Crippen molar-refractivity contribution in [3.05, 3.63) is 66.4 Å². The second-order valence-electron chi connectivity index (χ2n) is 9.69. The number of aliphatic hydroxyl groups is 1. The molecule has 0 amide bonds. The van der Waals surface area contributed by atoms with Crippen LogP contribution in [0.15, 0.2) is 59.5 Å². The Kier molecular flexibility index (Phi) is 5.05. The first-order chi connectivity index (χ1) is 15.7. The molecule has 1 aromatic carbocycles. The zero-order valence-corrected chi connectivity index (χ0v) is 19.1. The van der Waals surface area contributed by atoms with E-state index in [4.69, 9.17) is 15.2 Å². The van der Waals surface area contributed by atoms with Gasteiger partial charge in [-0.05, 0) is 62.8 Å². The summed E-state index contributed by atoms with van der Waals surface area (Å²) in [5.41, 5.74) is 8.51. The molecular formula is C25H28N6O2. The van der Waals surface area contributed by atoms with Crippen LogP contribution in [0.4, 0.5) is 5.82 Å². The third kappa shape index (κ3) is 4.26. The number of nitrogen functional groups attached to an aromatic ring is 1. The summed E-state index contributed by atoms with van der Waals surface area (Å²) in [5.74, 6) is 2.08. The average molecular weight is 445 g/mol. The van der Waals surface area contributed by atoms with E-state index in [2.05, 4.69) is 46.4 Å². The quantitative estimate of drug-likeness (QED) is 0.441.